The Morgan fingerprint density at radius 3 is 2.45 bits per heavy atom. The van der Waals surface area contributed by atoms with Crippen molar-refractivity contribution in [3.63, 3.8) is 0 Å². The van der Waals surface area contributed by atoms with Crippen molar-refractivity contribution in [3.05, 3.63) is 18.3 Å². The summed E-state index contributed by atoms with van der Waals surface area (Å²) in [6.45, 7) is 3.18. The molecule has 2 rings (SSSR count). The van der Waals surface area contributed by atoms with Crippen LogP contribution in [0.5, 0.6) is 11.6 Å². The van der Waals surface area contributed by atoms with Crippen LogP contribution >= 0.6 is 0 Å². The summed E-state index contributed by atoms with van der Waals surface area (Å²) < 4.78 is 72.4. The lowest BCUT2D eigenvalue weighted by Gasteiger charge is -2.19. The van der Waals surface area contributed by atoms with Crippen LogP contribution in [0.2, 0.25) is 0 Å². The van der Waals surface area contributed by atoms with Gasteiger partial charge in [0.15, 0.2) is 6.10 Å². The number of hydrogen-bond donors (Lipinski definition) is 0. The van der Waals surface area contributed by atoms with Gasteiger partial charge in [0.2, 0.25) is 5.88 Å². The van der Waals surface area contributed by atoms with E-state index in [0.717, 1.165) is 18.3 Å². The van der Waals surface area contributed by atoms with Crippen molar-refractivity contribution in [2.45, 2.75) is 38.3 Å². The topological polar surface area (TPSA) is 34.6 Å². The Morgan fingerprint density at radius 1 is 1.32 bits per heavy atom. The van der Waals surface area contributed by atoms with E-state index < -0.39 is 30.7 Å². The molecule has 22 heavy (non-hydrogen) atoms. The highest BCUT2D eigenvalue weighted by Gasteiger charge is 2.50. The monoisotopic (exact) mass is 326 g/mol. The van der Waals surface area contributed by atoms with Crippen LogP contribution < -0.4 is 9.47 Å². The molecule has 0 aliphatic carbocycles. The minimum absolute atomic E-state index is 0.0210. The average Bonchev–Trinajstić information content (AvgIpc) is 2.66. The Balaban J connectivity index is 2.02. The van der Waals surface area contributed by atoms with Crippen LogP contribution in [0.3, 0.4) is 0 Å². The molecule has 1 aromatic heterocycles. The van der Waals surface area contributed by atoms with E-state index in [2.05, 4.69) is 9.72 Å². The summed E-state index contributed by atoms with van der Waals surface area (Å²) in [5.41, 5.74) is 0. The zero-order chi connectivity index (χ0) is 16.5. The third-order valence-corrected chi connectivity index (χ3v) is 3.22. The van der Waals surface area contributed by atoms with Crippen molar-refractivity contribution >= 4 is 0 Å². The van der Waals surface area contributed by atoms with Crippen molar-refractivity contribution in [2.75, 3.05) is 13.1 Å². The summed E-state index contributed by atoms with van der Waals surface area (Å²) >= 11 is 0. The molecule has 1 aliphatic heterocycles. The van der Waals surface area contributed by atoms with Crippen molar-refractivity contribution in [1.82, 2.24) is 9.88 Å². The van der Waals surface area contributed by atoms with E-state index in [1.165, 1.54) is 0 Å². The van der Waals surface area contributed by atoms with Crippen LogP contribution in [0.4, 0.5) is 22.0 Å². The minimum Gasteiger partial charge on any atom is -0.466 e. The Hall–Kier alpha value is -1.64. The molecule has 0 unspecified atom stereocenters. The molecule has 0 amide bonds. The smallest absolute Gasteiger partial charge is 0.466 e. The van der Waals surface area contributed by atoms with Gasteiger partial charge in [-0.1, -0.05) is 0 Å². The maximum atomic E-state index is 13.8. The van der Waals surface area contributed by atoms with E-state index in [-0.39, 0.29) is 18.5 Å². The summed E-state index contributed by atoms with van der Waals surface area (Å²) in [4.78, 5) is 5.12. The number of nitrogens with zero attached hydrogens (tertiary/aromatic N) is 2. The maximum absolute atomic E-state index is 13.8. The Labute approximate surface area is 123 Å². The number of aromatic nitrogens is 1. The third-order valence-electron chi connectivity index (χ3n) is 3.22. The summed E-state index contributed by atoms with van der Waals surface area (Å²) in [6, 6.07) is 1.97. The summed E-state index contributed by atoms with van der Waals surface area (Å²) in [5.74, 6) is -3.76. The van der Waals surface area contributed by atoms with Gasteiger partial charge in [-0.25, -0.2) is 13.8 Å². The van der Waals surface area contributed by atoms with Crippen molar-refractivity contribution in [1.29, 1.82) is 0 Å². The molecule has 0 saturated carbocycles. The van der Waals surface area contributed by atoms with Gasteiger partial charge in [0.25, 0.3) is 5.92 Å². The normalized spacial score (nSPS) is 22.1. The standard InChI is InChI=1S/C13H15F5N2O2/c1-8(2)20-6-10(12(14,15)7-20)21-11-4-3-9(5-19-11)22-13(16,17)18/h3-5,8,10H,6-7H2,1-2H3/t10-/m0/s1. The molecule has 0 spiro atoms. The predicted octanol–water partition coefficient (Wildman–Crippen LogP) is 3.09. The average molecular weight is 326 g/mol. The van der Waals surface area contributed by atoms with E-state index in [1.54, 1.807) is 18.7 Å². The quantitative estimate of drug-likeness (QED) is 0.797. The number of halogens is 5. The number of ether oxygens (including phenoxy) is 2. The van der Waals surface area contributed by atoms with Gasteiger partial charge < -0.3 is 9.47 Å². The fourth-order valence-corrected chi connectivity index (χ4v) is 2.08. The molecule has 0 bridgehead atoms. The lowest BCUT2D eigenvalue weighted by molar-refractivity contribution is -0.274. The maximum Gasteiger partial charge on any atom is 0.573 e. The predicted molar refractivity (Wildman–Crippen MR) is 67.0 cm³/mol. The zero-order valence-corrected chi connectivity index (χ0v) is 11.9. The number of hydrogen-bond acceptors (Lipinski definition) is 4. The highest BCUT2D eigenvalue weighted by Crippen LogP contribution is 2.32. The van der Waals surface area contributed by atoms with Gasteiger partial charge in [-0.05, 0) is 19.9 Å². The van der Waals surface area contributed by atoms with Crippen LogP contribution in [-0.2, 0) is 0 Å². The van der Waals surface area contributed by atoms with E-state index >= 15 is 0 Å². The molecule has 9 heteroatoms. The van der Waals surface area contributed by atoms with Crippen LogP contribution in [-0.4, -0.2) is 47.4 Å². The fraction of sp³-hybridized carbons (Fsp3) is 0.615. The molecule has 0 radical (unpaired) electrons. The minimum atomic E-state index is -4.83. The van der Waals surface area contributed by atoms with Crippen LogP contribution in [0.25, 0.3) is 0 Å². The van der Waals surface area contributed by atoms with Gasteiger partial charge in [0.05, 0.1) is 12.7 Å². The van der Waals surface area contributed by atoms with Gasteiger partial charge in [-0.15, -0.1) is 13.2 Å². The molecule has 1 saturated heterocycles. The molecule has 0 N–H and O–H groups in total. The van der Waals surface area contributed by atoms with Gasteiger partial charge in [-0.3, -0.25) is 4.90 Å². The summed E-state index contributed by atoms with van der Waals surface area (Å²) in [7, 11) is 0. The van der Waals surface area contributed by atoms with Gasteiger partial charge in [0.1, 0.15) is 5.75 Å². The molecule has 1 aliphatic rings. The lowest BCUT2D eigenvalue weighted by atomic mass is 10.2. The highest BCUT2D eigenvalue weighted by atomic mass is 19.4. The first kappa shape index (κ1) is 16.7. The van der Waals surface area contributed by atoms with Gasteiger partial charge in [-0.2, -0.15) is 0 Å². The Morgan fingerprint density at radius 2 is 2.00 bits per heavy atom. The van der Waals surface area contributed by atoms with E-state index in [9.17, 15) is 22.0 Å². The third kappa shape index (κ3) is 4.19. The second kappa shape index (κ2) is 5.86. The van der Waals surface area contributed by atoms with E-state index in [1.807, 2.05) is 0 Å². The first-order valence-electron chi connectivity index (χ1n) is 6.57. The molecular formula is C13H15F5N2O2. The zero-order valence-electron chi connectivity index (χ0n) is 11.9. The SMILES string of the molecule is CC(C)N1C[C@H](Oc2ccc(OC(F)(F)F)cn2)C(F)(F)C1. The molecule has 124 valence electrons. The van der Waals surface area contributed by atoms with E-state index in [0.29, 0.717) is 0 Å². The van der Waals surface area contributed by atoms with Crippen LogP contribution in [0, 0.1) is 0 Å². The lowest BCUT2D eigenvalue weighted by Crippen LogP contribution is -2.36. The Bertz CT molecular complexity index is 504. The number of likely N-dealkylation sites (tertiary alicyclic amines) is 1. The van der Waals surface area contributed by atoms with Crippen molar-refractivity contribution in [2.24, 2.45) is 0 Å². The molecule has 1 fully saturated rings. The molecule has 0 aromatic carbocycles. The van der Waals surface area contributed by atoms with E-state index in [4.69, 9.17) is 4.74 Å². The first-order valence-corrected chi connectivity index (χ1v) is 6.57. The molecule has 1 atom stereocenters. The summed E-state index contributed by atoms with van der Waals surface area (Å²) in [6.07, 6.45) is -5.45. The van der Waals surface area contributed by atoms with Crippen LogP contribution in [0.15, 0.2) is 18.3 Å². The number of pyridine rings is 1. The number of rotatable bonds is 4. The first-order chi connectivity index (χ1) is 10.1. The molecule has 4 nitrogen and oxygen atoms in total. The molecule has 1 aromatic rings. The fourth-order valence-electron chi connectivity index (χ4n) is 2.08. The summed E-state index contributed by atoms with van der Waals surface area (Å²) in [5, 5.41) is 0. The van der Waals surface area contributed by atoms with Gasteiger partial charge >= 0.3 is 6.36 Å². The Kier molecular flexibility index (Phi) is 4.46. The largest absolute Gasteiger partial charge is 0.573 e. The molecular weight excluding hydrogens is 311 g/mol. The van der Waals surface area contributed by atoms with Crippen molar-refractivity contribution in [3.8, 4) is 11.6 Å². The van der Waals surface area contributed by atoms with Crippen LogP contribution in [0.1, 0.15) is 13.8 Å². The second-order valence-corrected chi connectivity index (χ2v) is 5.27. The second-order valence-electron chi connectivity index (χ2n) is 5.27. The van der Waals surface area contributed by atoms with Gasteiger partial charge in [0, 0.05) is 18.7 Å². The molecule has 2 heterocycles. The highest BCUT2D eigenvalue weighted by molar-refractivity contribution is 5.23. The number of alkyl halides is 5. The van der Waals surface area contributed by atoms with Crippen molar-refractivity contribution < 1.29 is 31.4 Å².